The van der Waals surface area contributed by atoms with Crippen LogP contribution < -0.4 is 9.47 Å². The van der Waals surface area contributed by atoms with E-state index in [1.54, 1.807) is 12.1 Å². The number of benzene rings is 2. The molecule has 3 rings (SSSR count). The van der Waals surface area contributed by atoms with Gasteiger partial charge in [0.15, 0.2) is 17.1 Å². The van der Waals surface area contributed by atoms with Gasteiger partial charge in [-0.3, -0.25) is 4.79 Å². The third-order valence-corrected chi connectivity index (χ3v) is 4.28. The van der Waals surface area contributed by atoms with E-state index >= 15 is 0 Å². The van der Waals surface area contributed by atoms with Crippen molar-refractivity contribution >= 4 is 38.8 Å². The molecule has 0 atom stereocenters. The molecule has 0 spiro atoms. The van der Waals surface area contributed by atoms with Gasteiger partial charge in [0.1, 0.15) is 11.3 Å². The minimum absolute atomic E-state index is 0.0293. The number of phenolic OH excluding ortho intramolecular Hbond substituents is 1. The number of ether oxygens (including phenoxy) is 2. The fraction of sp³-hybridized carbons (Fsp3) is 0.105. The van der Waals surface area contributed by atoms with Gasteiger partial charge < -0.3 is 19.0 Å². The Morgan fingerprint density at radius 2 is 1.80 bits per heavy atom. The lowest BCUT2D eigenvalue weighted by Crippen LogP contribution is -2.02. The normalized spacial score (nSPS) is 11.2. The number of phenols is 1. The SMILES string of the molecule is COc1c(C(=O)/C=C/c2ccc(Br)cc2)c(O)c(OC)c2occc12. The van der Waals surface area contributed by atoms with Gasteiger partial charge in [-0.1, -0.05) is 34.1 Å². The van der Waals surface area contributed by atoms with Crippen LogP contribution in [-0.2, 0) is 0 Å². The minimum atomic E-state index is -0.404. The number of hydrogen-bond acceptors (Lipinski definition) is 5. The molecule has 1 heterocycles. The predicted octanol–water partition coefficient (Wildman–Crippen LogP) is 4.81. The van der Waals surface area contributed by atoms with Crippen LogP contribution in [0.3, 0.4) is 0 Å². The highest BCUT2D eigenvalue weighted by molar-refractivity contribution is 9.10. The van der Waals surface area contributed by atoms with E-state index in [-0.39, 0.29) is 22.8 Å². The standard InChI is InChI=1S/C19H15BrO5/c1-23-17-13-9-10-25-18(13)19(24-2)16(22)15(17)14(21)8-5-11-3-6-12(20)7-4-11/h3-10,22H,1-2H3/b8-5+. The van der Waals surface area contributed by atoms with Crippen molar-refractivity contribution in [1.29, 1.82) is 0 Å². The quantitative estimate of drug-likeness (QED) is 0.489. The first-order chi connectivity index (χ1) is 12.1. The molecule has 3 aromatic rings. The van der Waals surface area contributed by atoms with Crippen molar-refractivity contribution < 1.29 is 23.8 Å². The average molecular weight is 403 g/mol. The van der Waals surface area contributed by atoms with Crippen LogP contribution in [0, 0.1) is 0 Å². The molecule has 0 amide bonds. The number of rotatable bonds is 5. The first kappa shape index (κ1) is 17.1. The van der Waals surface area contributed by atoms with Crippen LogP contribution in [0.2, 0.25) is 0 Å². The Kier molecular flexibility index (Phi) is 4.81. The first-order valence-corrected chi connectivity index (χ1v) is 8.18. The lowest BCUT2D eigenvalue weighted by atomic mass is 10.0. The summed E-state index contributed by atoms with van der Waals surface area (Å²) in [6.07, 6.45) is 4.49. The van der Waals surface area contributed by atoms with Crippen molar-refractivity contribution in [2.45, 2.75) is 0 Å². The number of halogens is 1. The van der Waals surface area contributed by atoms with Gasteiger partial charge in [0, 0.05) is 4.47 Å². The van der Waals surface area contributed by atoms with Crippen LogP contribution in [0.25, 0.3) is 17.0 Å². The predicted molar refractivity (Wildman–Crippen MR) is 98.5 cm³/mol. The molecule has 0 aliphatic carbocycles. The highest BCUT2D eigenvalue weighted by atomic mass is 79.9. The molecular weight excluding hydrogens is 388 g/mol. The largest absolute Gasteiger partial charge is 0.504 e. The van der Waals surface area contributed by atoms with Crippen molar-refractivity contribution in [1.82, 2.24) is 0 Å². The van der Waals surface area contributed by atoms with Crippen LogP contribution in [-0.4, -0.2) is 25.1 Å². The fourth-order valence-corrected chi connectivity index (χ4v) is 2.85. The van der Waals surface area contributed by atoms with Crippen LogP contribution in [0.1, 0.15) is 15.9 Å². The highest BCUT2D eigenvalue weighted by Gasteiger charge is 2.26. The number of carbonyl (C=O) groups excluding carboxylic acids is 1. The van der Waals surface area contributed by atoms with Gasteiger partial charge in [-0.25, -0.2) is 0 Å². The summed E-state index contributed by atoms with van der Waals surface area (Å²) in [5.41, 5.74) is 1.21. The molecule has 0 aliphatic heterocycles. The lowest BCUT2D eigenvalue weighted by molar-refractivity contribution is 0.104. The summed E-state index contributed by atoms with van der Waals surface area (Å²) in [7, 11) is 2.83. The summed E-state index contributed by atoms with van der Waals surface area (Å²) in [4.78, 5) is 12.7. The number of ketones is 1. The number of methoxy groups -OCH3 is 2. The second-order valence-electron chi connectivity index (χ2n) is 5.20. The maximum absolute atomic E-state index is 12.7. The van der Waals surface area contributed by atoms with E-state index in [0.717, 1.165) is 10.0 Å². The third-order valence-electron chi connectivity index (χ3n) is 3.75. The van der Waals surface area contributed by atoms with Crippen molar-refractivity contribution in [3.63, 3.8) is 0 Å². The van der Waals surface area contributed by atoms with E-state index < -0.39 is 5.78 Å². The Morgan fingerprint density at radius 3 is 2.44 bits per heavy atom. The number of allylic oxidation sites excluding steroid dienone is 1. The molecule has 128 valence electrons. The number of furan rings is 1. The van der Waals surface area contributed by atoms with Gasteiger partial charge in [-0.05, 0) is 29.8 Å². The summed E-state index contributed by atoms with van der Waals surface area (Å²) < 4.78 is 16.8. The summed E-state index contributed by atoms with van der Waals surface area (Å²) in [6, 6.07) is 9.15. The molecule has 0 unspecified atom stereocenters. The van der Waals surface area contributed by atoms with E-state index in [9.17, 15) is 9.90 Å². The highest BCUT2D eigenvalue weighted by Crippen LogP contribution is 2.45. The Morgan fingerprint density at radius 1 is 1.12 bits per heavy atom. The number of hydrogen-bond donors (Lipinski definition) is 1. The molecule has 25 heavy (non-hydrogen) atoms. The average Bonchev–Trinajstić information content (AvgIpc) is 3.09. The first-order valence-electron chi connectivity index (χ1n) is 7.39. The molecule has 5 nitrogen and oxygen atoms in total. The van der Waals surface area contributed by atoms with Crippen LogP contribution >= 0.6 is 15.9 Å². The molecule has 6 heteroatoms. The summed E-state index contributed by atoms with van der Waals surface area (Å²) in [5, 5.41) is 11.0. The van der Waals surface area contributed by atoms with Gasteiger partial charge in [0.2, 0.25) is 5.75 Å². The van der Waals surface area contributed by atoms with Gasteiger partial charge in [-0.2, -0.15) is 0 Å². The summed E-state index contributed by atoms with van der Waals surface area (Å²) in [5.74, 6) is -0.375. The topological polar surface area (TPSA) is 68.9 Å². The number of aromatic hydroxyl groups is 1. The third kappa shape index (κ3) is 3.13. The minimum Gasteiger partial charge on any atom is -0.504 e. The zero-order chi connectivity index (χ0) is 18.0. The van der Waals surface area contributed by atoms with E-state index in [1.165, 1.54) is 26.6 Å². The van der Waals surface area contributed by atoms with Crippen LogP contribution in [0.4, 0.5) is 0 Å². The van der Waals surface area contributed by atoms with Gasteiger partial charge in [-0.15, -0.1) is 0 Å². The molecule has 0 saturated carbocycles. The smallest absolute Gasteiger partial charge is 0.205 e. The lowest BCUT2D eigenvalue weighted by Gasteiger charge is -2.13. The van der Waals surface area contributed by atoms with E-state index in [0.29, 0.717) is 11.0 Å². The Hall–Kier alpha value is -2.73. The Balaban J connectivity index is 2.09. The maximum Gasteiger partial charge on any atom is 0.205 e. The second kappa shape index (κ2) is 7.03. The van der Waals surface area contributed by atoms with Gasteiger partial charge in [0.05, 0.1) is 25.9 Å². The zero-order valence-corrected chi connectivity index (χ0v) is 15.2. The van der Waals surface area contributed by atoms with Crippen molar-refractivity contribution in [2.75, 3.05) is 14.2 Å². The monoisotopic (exact) mass is 402 g/mol. The molecule has 0 bridgehead atoms. The molecule has 0 fully saturated rings. The maximum atomic E-state index is 12.7. The molecule has 0 saturated heterocycles. The molecular formula is C19H15BrO5. The van der Waals surface area contributed by atoms with E-state index in [4.69, 9.17) is 13.9 Å². The van der Waals surface area contributed by atoms with Crippen molar-refractivity contribution in [3.05, 3.63) is 58.3 Å². The molecule has 0 radical (unpaired) electrons. The zero-order valence-electron chi connectivity index (χ0n) is 13.6. The van der Waals surface area contributed by atoms with Gasteiger partial charge >= 0.3 is 0 Å². The molecule has 1 N–H and O–H groups in total. The Labute approximate surface area is 152 Å². The van der Waals surface area contributed by atoms with Crippen LogP contribution in [0.5, 0.6) is 17.2 Å². The van der Waals surface area contributed by atoms with E-state index in [1.807, 2.05) is 24.3 Å². The van der Waals surface area contributed by atoms with Crippen molar-refractivity contribution in [3.8, 4) is 17.2 Å². The molecule has 1 aromatic heterocycles. The Bertz CT molecular complexity index is 954. The van der Waals surface area contributed by atoms with Crippen LogP contribution in [0.15, 0.2) is 51.6 Å². The molecule has 2 aromatic carbocycles. The van der Waals surface area contributed by atoms with E-state index in [2.05, 4.69) is 15.9 Å². The van der Waals surface area contributed by atoms with Gasteiger partial charge in [0.25, 0.3) is 0 Å². The number of fused-ring (bicyclic) bond motifs is 1. The summed E-state index contributed by atoms with van der Waals surface area (Å²) in [6.45, 7) is 0. The fourth-order valence-electron chi connectivity index (χ4n) is 2.59. The number of carbonyl (C=O) groups is 1. The summed E-state index contributed by atoms with van der Waals surface area (Å²) >= 11 is 3.36. The second-order valence-corrected chi connectivity index (χ2v) is 6.12. The van der Waals surface area contributed by atoms with Crippen molar-refractivity contribution in [2.24, 2.45) is 0 Å². The molecule has 0 aliphatic rings.